The summed E-state index contributed by atoms with van der Waals surface area (Å²) >= 11 is 0. The molecule has 7 heteroatoms. The van der Waals surface area contributed by atoms with Gasteiger partial charge in [0.25, 0.3) is 0 Å². The van der Waals surface area contributed by atoms with Crippen LogP contribution in [0.4, 0.5) is 0 Å². The summed E-state index contributed by atoms with van der Waals surface area (Å²) in [4.78, 5) is 23.6. The Labute approximate surface area is 174 Å². The standard InChI is InChI=1S/C22H35N5O2/c1-19(21(28)26-11-6-7-12-26)25-13-15-27(16-14-25)22(23-2)24-10-17-29-18-20-8-4-3-5-9-20/h3-5,8-9,19H,6-7,10-18H2,1-2H3,(H,23,24). The van der Waals surface area contributed by atoms with Crippen LogP contribution in [0, 0.1) is 0 Å². The number of benzene rings is 1. The molecule has 2 aliphatic rings. The quantitative estimate of drug-likeness (QED) is 0.425. The van der Waals surface area contributed by atoms with Gasteiger partial charge in [0.05, 0.1) is 19.3 Å². The van der Waals surface area contributed by atoms with Crippen molar-refractivity contribution in [3.63, 3.8) is 0 Å². The van der Waals surface area contributed by atoms with Crippen molar-refractivity contribution in [2.45, 2.75) is 32.4 Å². The molecule has 2 fully saturated rings. The Hall–Kier alpha value is -2.12. The molecule has 0 bridgehead atoms. The Bertz CT molecular complexity index is 652. The van der Waals surface area contributed by atoms with Crippen molar-refractivity contribution >= 4 is 11.9 Å². The fourth-order valence-electron chi connectivity index (χ4n) is 4.01. The minimum Gasteiger partial charge on any atom is -0.375 e. The van der Waals surface area contributed by atoms with E-state index >= 15 is 0 Å². The zero-order valence-electron chi connectivity index (χ0n) is 17.8. The average molecular weight is 402 g/mol. The van der Waals surface area contributed by atoms with E-state index < -0.39 is 0 Å². The van der Waals surface area contributed by atoms with Crippen molar-refractivity contribution in [3.05, 3.63) is 35.9 Å². The van der Waals surface area contributed by atoms with Crippen LogP contribution in [0.25, 0.3) is 0 Å². The van der Waals surface area contributed by atoms with Gasteiger partial charge in [-0.15, -0.1) is 0 Å². The number of likely N-dealkylation sites (tertiary alicyclic amines) is 1. The van der Waals surface area contributed by atoms with Crippen LogP contribution in [0.1, 0.15) is 25.3 Å². The van der Waals surface area contributed by atoms with Crippen molar-refractivity contribution in [2.24, 2.45) is 4.99 Å². The topological polar surface area (TPSA) is 60.4 Å². The molecule has 1 aromatic rings. The van der Waals surface area contributed by atoms with E-state index in [1.165, 1.54) is 5.56 Å². The normalized spacial score (nSPS) is 19.4. The summed E-state index contributed by atoms with van der Waals surface area (Å²) in [5.74, 6) is 1.19. The number of rotatable bonds is 7. The van der Waals surface area contributed by atoms with Crippen LogP contribution < -0.4 is 5.32 Å². The van der Waals surface area contributed by atoms with E-state index in [1.54, 1.807) is 0 Å². The molecule has 1 atom stereocenters. The van der Waals surface area contributed by atoms with E-state index in [2.05, 4.69) is 32.2 Å². The second kappa shape index (κ2) is 11.2. The summed E-state index contributed by atoms with van der Waals surface area (Å²) in [5.41, 5.74) is 1.19. The van der Waals surface area contributed by atoms with Gasteiger partial charge in [0.2, 0.25) is 5.91 Å². The van der Waals surface area contributed by atoms with Crippen LogP contribution in [0.5, 0.6) is 0 Å². The first-order valence-electron chi connectivity index (χ1n) is 10.8. The Morgan fingerprint density at radius 3 is 2.41 bits per heavy atom. The summed E-state index contributed by atoms with van der Waals surface area (Å²) in [6.45, 7) is 9.40. The molecule has 0 radical (unpaired) electrons. The monoisotopic (exact) mass is 401 g/mol. The molecule has 2 saturated heterocycles. The molecule has 1 aromatic carbocycles. The summed E-state index contributed by atoms with van der Waals surface area (Å²) in [7, 11) is 1.82. The molecule has 0 spiro atoms. The lowest BCUT2D eigenvalue weighted by Gasteiger charge is -2.39. The number of ether oxygens (including phenoxy) is 1. The van der Waals surface area contributed by atoms with Crippen LogP contribution in [-0.4, -0.2) is 92.1 Å². The van der Waals surface area contributed by atoms with Crippen molar-refractivity contribution in [3.8, 4) is 0 Å². The third-order valence-electron chi connectivity index (χ3n) is 5.79. The maximum atomic E-state index is 12.6. The van der Waals surface area contributed by atoms with Crippen molar-refractivity contribution in [1.29, 1.82) is 0 Å². The van der Waals surface area contributed by atoms with Gasteiger partial charge < -0.3 is 19.9 Å². The van der Waals surface area contributed by atoms with E-state index in [1.807, 2.05) is 37.1 Å². The minimum atomic E-state index is -0.0309. The zero-order chi connectivity index (χ0) is 20.5. The fourth-order valence-corrected chi connectivity index (χ4v) is 4.01. The lowest BCUT2D eigenvalue weighted by molar-refractivity contribution is -0.135. The molecule has 1 amide bonds. The predicted molar refractivity (Wildman–Crippen MR) is 116 cm³/mol. The first-order chi connectivity index (χ1) is 14.2. The van der Waals surface area contributed by atoms with Crippen molar-refractivity contribution in [2.75, 3.05) is 59.5 Å². The molecular weight excluding hydrogens is 366 g/mol. The number of carbonyl (C=O) groups excluding carboxylic acids is 1. The van der Waals surface area contributed by atoms with Crippen LogP contribution in [0.2, 0.25) is 0 Å². The number of amides is 1. The highest BCUT2D eigenvalue weighted by Gasteiger charge is 2.30. The number of nitrogens with one attached hydrogen (secondary N) is 1. The van der Waals surface area contributed by atoms with Gasteiger partial charge in [-0.1, -0.05) is 30.3 Å². The Morgan fingerprint density at radius 1 is 1.07 bits per heavy atom. The highest BCUT2D eigenvalue weighted by Crippen LogP contribution is 2.14. The molecule has 0 saturated carbocycles. The summed E-state index contributed by atoms with van der Waals surface area (Å²) in [6, 6.07) is 10.2. The molecule has 29 heavy (non-hydrogen) atoms. The van der Waals surface area contributed by atoms with Gasteiger partial charge in [0.15, 0.2) is 5.96 Å². The maximum absolute atomic E-state index is 12.6. The summed E-state index contributed by atoms with van der Waals surface area (Å²) in [5, 5.41) is 3.39. The number of aliphatic imine (C=N–C) groups is 1. The Kier molecular flexibility index (Phi) is 8.31. The number of carbonyl (C=O) groups is 1. The number of hydrogen-bond donors (Lipinski definition) is 1. The van der Waals surface area contributed by atoms with Crippen LogP contribution in [0.15, 0.2) is 35.3 Å². The smallest absolute Gasteiger partial charge is 0.239 e. The van der Waals surface area contributed by atoms with Gasteiger partial charge in [-0.3, -0.25) is 14.7 Å². The third kappa shape index (κ3) is 6.18. The Balaban J connectivity index is 1.35. The minimum absolute atomic E-state index is 0.0309. The zero-order valence-corrected chi connectivity index (χ0v) is 17.8. The first-order valence-corrected chi connectivity index (χ1v) is 10.8. The molecule has 0 aromatic heterocycles. The summed E-state index contributed by atoms with van der Waals surface area (Å²) in [6.07, 6.45) is 2.28. The maximum Gasteiger partial charge on any atom is 0.239 e. The molecule has 1 N–H and O–H groups in total. The van der Waals surface area contributed by atoms with Gasteiger partial charge >= 0.3 is 0 Å². The van der Waals surface area contributed by atoms with E-state index in [0.717, 1.165) is 64.6 Å². The molecular formula is C22H35N5O2. The molecule has 7 nitrogen and oxygen atoms in total. The molecule has 3 rings (SSSR count). The molecule has 2 heterocycles. The van der Waals surface area contributed by atoms with Gasteiger partial charge in [-0.25, -0.2) is 0 Å². The molecule has 2 aliphatic heterocycles. The number of hydrogen-bond acceptors (Lipinski definition) is 4. The first kappa shape index (κ1) is 21.6. The predicted octanol–water partition coefficient (Wildman–Crippen LogP) is 1.41. The number of guanidine groups is 1. The lowest BCUT2D eigenvalue weighted by atomic mass is 10.2. The van der Waals surface area contributed by atoms with Gasteiger partial charge in [-0.05, 0) is 25.3 Å². The summed E-state index contributed by atoms with van der Waals surface area (Å²) < 4.78 is 5.74. The van der Waals surface area contributed by atoms with Crippen LogP contribution >= 0.6 is 0 Å². The second-order valence-corrected chi connectivity index (χ2v) is 7.74. The van der Waals surface area contributed by atoms with Gasteiger partial charge in [0, 0.05) is 52.9 Å². The van der Waals surface area contributed by atoms with Gasteiger partial charge in [0.1, 0.15) is 0 Å². The van der Waals surface area contributed by atoms with Crippen LogP contribution in [-0.2, 0) is 16.1 Å². The van der Waals surface area contributed by atoms with E-state index in [4.69, 9.17) is 4.74 Å². The van der Waals surface area contributed by atoms with Crippen molar-refractivity contribution < 1.29 is 9.53 Å². The van der Waals surface area contributed by atoms with Crippen LogP contribution in [0.3, 0.4) is 0 Å². The Morgan fingerprint density at radius 2 is 1.76 bits per heavy atom. The third-order valence-corrected chi connectivity index (χ3v) is 5.79. The van der Waals surface area contributed by atoms with Gasteiger partial charge in [-0.2, -0.15) is 0 Å². The number of nitrogens with zero attached hydrogens (tertiary/aromatic N) is 4. The fraction of sp³-hybridized carbons (Fsp3) is 0.636. The largest absolute Gasteiger partial charge is 0.375 e. The average Bonchev–Trinajstić information content (AvgIpc) is 3.31. The highest BCUT2D eigenvalue weighted by atomic mass is 16.5. The second-order valence-electron chi connectivity index (χ2n) is 7.74. The van der Waals surface area contributed by atoms with Crippen molar-refractivity contribution in [1.82, 2.24) is 20.0 Å². The molecule has 0 aliphatic carbocycles. The molecule has 160 valence electrons. The number of piperazine rings is 1. The van der Waals surface area contributed by atoms with E-state index in [-0.39, 0.29) is 11.9 Å². The molecule has 1 unspecified atom stereocenters. The van der Waals surface area contributed by atoms with E-state index in [0.29, 0.717) is 13.2 Å². The SMILES string of the molecule is CN=C(NCCOCc1ccccc1)N1CCN(C(C)C(=O)N2CCCC2)CC1. The lowest BCUT2D eigenvalue weighted by Crippen LogP contribution is -2.57. The highest BCUT2D eigenvalue weighted by molar-refractivity contribution is 5.82. The van der Waals surface area contributed by atoms with E-state index in [9.17, 15) is 4.79 Å².